The van der Waals surface area contributed by atoms with E-state index in [0.29, 0.717) is 0 Å². The van der Waals surface area contributed by atoms with Crippen molar-refractivity contribution < 1.29 is 17.9 Å². The van der Waals surface area contributed by atoms with E-state index in [1.165, 1.54) is 18.2 Å². The highest BCUT2D eigenvalue weighted by atomic mass is 32.2. The molecular formula is C11H16FNO3S. The van der Waals surface area contributed by atoms with Gasteiger partial charge in [0.25, 0.3) is 0 Å². The molecule has 1 aromatic carbocycles. The van der Waals surface area contributed by atoms with Gasteiger partial charge < -0.3 is 5.11 Å². The van der Waals surface area contributed by atoms with Gasteiger partial charge in [-0.05, 0) is 18.1 Å². The standard InChI is InChI=1S/C11H16FNO3S/c1-8(2)10(7-14)13-17(15,16)11-6-4-3-5-9(11)12/h3-6,8,10,13-14H,7H2,1-2H3. The van der Waals surface area contributed by atoms with Crippen molar-refractivity contribution in [1.29, 1.82) is 0 Å². The molecule has 6 heteroatoms. The summed E-state index contributed by atoms with van der Waals surface area (Å²) in [5, 5.41) is 9.06. The van der Waals surface area contributed by atoms with Crippen molar-refractivity contribution in [3.8, 4) is 0 Å². The number of benzene rings is 1. The maximum absolute atomic E-state index is 13.4. The van der Waals surface area contributed by atoms with Gasteiger partial charge in [0.2, 0.25) is 10.0 Å². The quantitative estimate of drug-likeness (QED) is 0.834. The second-order valence-corrected chi connectivity index (χ2v) is 5.77. The molecule has 1 atom stereocenters. The van der Waals surface area contributed by atoms with E-state index in [2.05, 4.69) is 4.72 Å². The predicted octanol–water partition coefficient (Wildman–Crippen LogP) is 1.12. The number of hydrogen-bond donors (Lipinski definition) is 2. The average molecular weight is 261 g/mol. The Balaban J connectivity index is 3.01. The second kappa shape index (κ2) is 5.57. The fourth-order valence-corrected chi connectivity index (χ4v) is 2.76. The average Bonchev–Trinajstić information content (AvgIpc) is 2.26. The summed E-state index contributed by atoms with van der Waals surface area (Å²) in [5.74, 6) is -0.887. The Kier molecular flexibility index (Phi) is 4.62. The molecule has 0 spiro atoms. The number of hydrogen-bond acceptors (Lipinski definition) is 3. The molecule has 0 fully saturated rings. The number of nitrogens with one attached hydrogen (secondary N) is 1. The minimum atomic E-state index is -3.93. The van der Waals surface area contributed by atoms with Crippen LogP contribution in [0.25, 0.3) is 0 Å². The van der Waals surface area contributed by atoms with Crippen LogP contribution in [0.3, 0.4) is 0 Å². The highest BCUT2D eigenvalue weighted by Gasteiger charge is 2.24. The van der Waals surface area contributed by atoms with Crippen LogP contribution in [-0.4, -0.2) is 26.2 Å². The Hall–Kier alpha value is -0.980. The first-order valence-corrected chi connectivity index (χ1v) is 6.74. The summed E-state index contributed by atoms with van der Waals surface area (Å²) in [5.41, 5.74) is 0. The van der Waals surface area contributed by atoms with Gasteiger partial charge in [-0.2, -0.15) is 0 Å². The highest BCUT2D eigenvalue weighted by molar-refractivity contribution is 7.89. The van der Waals surface area contributed by atoms with Gasteiger partial charge in [0.15, 0.2) is 0 Å². The molecule has 0 amide bonds. The third kappa shape index (κ3) is 3.49. The SMILES string of the molecule is CC(C)C(CO)NS(=O)(=O)c1ccccc1F. The molecule has 0 bridgehead atoms. The van der Waals surface area contributed by atoms with Crippen molar-refractivity contribution in [3.05, 3.63) is 30.1 Å². The van der Waals surface area contributed by atoms with E-state index in [9.17, 15) is 12.8 Å². The molecule has 0 aliphatic heterocycles. The lowest BCUT2D eigenvalue weighted by molar-refractivity contribution is 0.227. The number of aliphatic hydroxyl groups excluding tert-OH is 1. The van der Waals surface area contributed by atoms with Crippen LogP contribution >= 0.6 is 0 Å². The second-order valence-electron chi connectivity index (χ2n) is 4.08. The van der Waals surface area contributed by atoms with Gasteiger partial charge in [-0.25, -0.2) is 17.5 Å². The third-order valence-corrected chi connectivity index (χ3v) is 3.96. The molecule has 0 aromatic heterocycles. The van der Waals surface area contributed by atoms with Crippen LogP contribution < -0.4 is 4.72 Å². The smallest absolute Gasteiger partial charge is 0.243 e. The van der Waals surface area contributed by atoms with Crippen LogP contribution in [0, 0.1) is 11.7 Å². The Morgan fingerprint density at radius 2 is 1.94 bits per heavy atom. The molecule has 0 heterocycles. The van der Waals surface area contributed by atoms with E-state index in [1.54, 1.807) is 13.8 Å². The van der Waals surface area contributed by atoms with E-state index in [-0.39, 0.29) is 12.5 Å². The topological polar surface area (TPSA) is 66.4 Å². The lowest BCUT2D eigenvalue weighted by Crippen LogP contribution is -2.41. The molecule has 0 saturated carbocycles. The largest absolute Gasteiger partial charge is 0.395 e. The predicted molar refractivity (Wildman–Crippen MR) is 62.4 cm³/mol. The Labute approximate surface area is 101 Å². The third-order valence-electron chi connectivity index (χ3n) is 2.43. The number of rotatable bonds is 5. The first-order chi connectivity index (χ1) is 7.88. The van der Waals surface area contributed by atoms with Crippen LogP contribution in [0.15, 0.2) is 29.2 Å². The number of halogens is 1. The Morgan fingerprint density at radius 1 is 1.35 bits per heavy atom. The summed E-state index contributed by atoms with van der Waals surface area (Å²) in [6.07, 6.45) is 0. The van der Waals surface area contributed by atoms with Crippen LogP contribution in [0.5, 0.6) is 0 Å². The minimum Gasteiger partial charge on any atom is -0.395 e. The van der Waals surface area contributed by atoms with E-state index in [0.717, 1.165) is 6.07 Å². The molecule has 2 N–H and O–H groups in total. The maximum Gasteiger partial charge on any atom is 0.243 e. The van der Waals surface area contributed by atoms with Gasteiger partial charge in [0.1, 0.15) is 10.7 Å². The van der Waals surface area contributed by atoms with Crippen LogP contribution in [-0.2, 0) is 10.0 Å². The van der Waals surface area contributed by atoms with Crippen molar-refractivity contribution in [3.63, 3.8) is 0 Å². The monoisotopic (exact) mass is 261 g/mol. The summed E-state index contributed by atoms with van der Waals surface area (Å²) >= 11 is 0. The summed E-state index contributed by atoms with van der Waals surface area (Å²) in [7, 11) is -3.93. The molecule has 0 aliphatic rings. The first kappa shape index (κ1) is 14.1. The molecular weight excluding hydrogens is 245 g/mol. The van der Waals surface area contributed by atoms with Crippen molar-refractivity contribution in [2.24, 2.45) is 5.92 Å². The number of sulfonamides is 1. The van der Waals surface area contributed by atoms with E-state index < -0.39 is 26.8 Å². The highest BCUT2D eigenvalue weighted by Crippen LogP contribution is 2.15. The minimum absolute atomic E-state index is 0.0819. The molecule has 17 heavy (non-hydrogen) atoms. The summed E-state index contributed by atoms with van der Waals surface area (Å²) in [6.45, 7) is 3.21. The Bertz CT molecular complexity index is 473. The van der Waals surface area contributed by atoms with Gasteiger partial charge in [0, 0.05) is 6.04 Å². The van der Waals surface area contributed by atoms with Gasteiger partial charge in [-0.1, -0.05) is 26.0 Å². The summed E-state index contributed by atoms with van der Waals surface area (Å²) in [6, 6.07) is 4.51. The zero-order chi connectivity index (χ0) is 13.1. The fraction of sp³-hybridized carbons (Fsp3) is 0.455. The molecule has 0 saturated heterocycles. The van der Waals surface area contributed by atoms with Crippen LogP contribution in [0.4, 0.5) is 4.39 Å². The molecule has 1 aromatic rings. The molecule has 0 aliphatic carbocycles. The van der Waals surface area contributed by atoms with E-state index >= 15 is 0 Å². The van der Waals surface area contributed by atoms with Gasteiger partial charge >= 0.3 is 0 Å². The molecule has 4 nitrogen and oxygen atoms in total. The van der Waals surface area contributed by atoms with Crippen LogP contribution in [0.1, 0.15) is 13.8 Å². The van der Waals surface area contributed by atoms with Gasteiger partial charge in [-0.15, -0.1) is 0 Å². The normalized spacial score (nSPS) is 13.9. The van der Waals surface area contributed by atoms with Crippen molar-refractivity contribution in [2.75, 3.05) is 6.61 Å². The lowest BCUT2D eigenvalue weighted by atomic mass is 10.1. The van der Waals surface area contributed by atoms with Gasteiger partial charge in [-0.3, -0.25) is 0 Å². The fourth-order valence-electron chi connectivity index (χ4n) is 1.31. The van der Waals surface area contributed by atoms with Crippen molar-refractivity contribution >= 4 is 10.0 Å². The van der Waals surface area contributed by atoms with E-state index in [4.69, 9.17) is 5.11 Å². The van der Waals surface area contributed by atoms with Crippen molar-refractivity contribution in [2.45, 2.75) is 24.8 Å². The molecule has 1 rings (SSSR count). The molecule has 1 unspecified atom stereocenters. The first-order valence-electron chi connectivity index (χ1n) is 5.26. The van der Waals surface area contributed by atoms with Crippen LogP contribution in [0.2, 0.25) is 0 Å². The lowest BCUT2D eigenvalue weighted by Gasteiger charge is -2.19. The number of aliphatic hydroxyl groups is 1. The zero-order valence-corrected chi connectivity index (χ0v) is 10.5. The van der Waals surface area contributed by atoms with Crippen molar-refractivity contribution in [1.82, 2.24) is 4.72 Å². The Morgan fingerprint density at radius 3 is 2.41 bits per heavy atom. The van der Waals surface area contributed by atoms with E-state index in [1.807, 2.05) is 0 Å². The summed E-state index contributed by atoms with van der Waals surface area (Å²) in [4.78, 5) is -0.404. The molecule has 0 radical (unpaired) electrons. The van der Waals surface area contributed by atoms with Gasteiger partial charge in [0.05, 0.1) is 6.61 Å². The summed E-state index contributed by atoms with van der Waals surface area (Å²) < 4.78 is 39.4. The molecule has 96 valence electrons. The maximum atomic E-state index is 13.4. The zero-order valence-electron chi connectivity index (χ0n) is 9.72.